The number of hydrogen-bond donors (Lipinski definition) is 4. The lowest BCUT2D eigenvalue weighted by Gasteiger charge is -2.59. The first kappa shape index (κ1) is 47.9. The van der Waals surface area contributed by atoms with E-state index in [4.69, 9.17) is 9.47 Å². The summed E-state index contributed by atoms with van der Waals surface area (Å²) in [6.07, 6.45) is 10.4. The number of rotatable bonds is 14. The normalized spacial score (nSPS) is 23.5. The Bertz CT molecular complexity index is 2870. The van der Waals surface area contributed by atoms with Gasteiger partial charge >= 0.3 is 5.69 Å². The molecule has 5 fully saturated rings. The van der Waals surface area contributed by atoms with E-state index in [1.165, 1.54) is 35.7 Å². The van der Waals surface area contributed by atoms with Gasteiger partial charge in [-0.05, 0) is 105 Å². The molecule has 0 unspecified atom stereocenters. The van der Waals surface area contributed by atoms with Gasteiger partial charge < -0.3 is 29.8 Å². The second-order valence-electron chi connectivity index (χ2n) is 20.8. The second-order valence-corrected chi connectivity index (χ2v) is 22.5. The van der Waals surface area contributed by atoms with Gasteiger partial charge in [0.05, 0.1) is 53.1 Å². The molecule has 70 heavy (non-hydrogen) atoms. The Morgan fingerprint density at radius 2 is 1.77 bits per heavy atom. The standard InChI is InChI=1S/C51H62FN9O8S/c1-32(2)39-6-4-5-7-40(39)45-29-59(36-30-68-31-36)18-19-60(45)35-23-51(24-35)14-16-58(17-15-51)34-8-9-41(46(20-34)69-37-21-42-43(52)28-56-47(42)54-26-37)49(62)57-70(66,67)38-22-44(61(64)65)48(55-27-38)53-25-33-10-12-50(3,63)13-11-33/h4-9,20-22,26-28,32-33,35-36,45,63H,10-19,23-25,29-31H2,1-3H3,(H,53,55)(H,54,56)(H,57,62)/t33?,45-,50?/m0/s1. The van der Waals surface area contributed by atoms with Crippen LogP contribution in [0.3, 0.4) is 0 Å². The minimum absolute atomic E-state index is 0.0134. The van der Waals surface area contributed by atoms with Crippen molar-refractivity contribution in [2.24, 2.45) is 11.3 Å². The first-order chi connectivity index (χ1) is 33.5. The molecule has 3 aliphatic heterocycles. The van der Waals surface area contributed by atoms with Crippen molar-refractivity contribution in [3.05, 3.63) is 106 Å². The number of aliphatic hydroxyl groups is 1. The molecule has 0 bridgehead atoms. The molecule has 3 saturated heterocycles. The Morgan fingerprint density at radius 3 is 2.49 bits per heavy atom. The molecule has 19 heteroatoms. The summed E-state index contributed by atoms with van der Waals surface area (Å²) < 4.78 is 56.1. The van der Waals surface area contributed by atoms with Gasteiger partial charge in [0.25, 0.3) is 15.9 Å². The van der Waals surface area contributed by atoms with E-state index < -0.39 is 42.9 Å². The topological polar surface area (TPSA) is 208 Å². The zero-order valence-electron chi connectivity index (χ0n) is 39.9. The van der Waals surface area contributed by atoms with Crippen molar-refractivity contribution in [3.63, 3.8) is 0 Å². The number of aromatic nitrogens is 3. The van der Waals surface area contributed by atoms with E-state index in [2.05, 4.69) is 77.8 Å². The third-order valence-corrected chi connectivity index (χ3v) is 17.1. The Balaban J connectivity index is 0.844. The number of carbonyl (C=O) groups is 1. The maximum Gasteiger partial charge on any atom is 0.312 e. The maximum absolute atomic E-state index is 14.7. The van der Waals surface area contributed by atoms with Crippen LogP contribution >= 0.6 is 0 Å². The Labute approximate surface area is 407 Å². The predicted octanol–water partition coefficient (Wildman–Crippen LogP) is 7.90. The first-order valence-electron chi connectivity index (χ1n) is 24.6. The van der Waals surface area contributed by atoms with Crippen LogP contribution in [0.2, 0.25) is 0 Å². The van der Waals surface area contributed by atoms with Crippen LogP contribution in [-0.2, 0) is 14.8 Å². The van der Waals surface area contributed by atoms with Gasteiger partial charge in [0, 0.05) is 75.4 Å². The number of H-pyrrole nitrogens is 1. The summed E-state index contributed by atoms with van der Waals surface area (Å²) in [6, 6.07) is 17.5. The van der Waals surface area contributed by atoms with E-state index >= 15 is 0 Å². The Hall–Kier alpha value is -5.73. The summed E-state index contributed by atoms with van der Waals surface area (Å²) in [5.41, 5.74) is 2.70. The number of ether oxygens (including phenoxy) is 2. The average molecular weight is 980 g/mol. The fourth-order valence-electron chi connectivity index (χ4n) is 11.4. The lowest BCUT2D eigenvalue weighted by Crippen LogP contribution is -2.62. The number of aromatic amines is 1. The summed E-state index contributed by atoms with van der Waals surface area (Å²) in [6.45, 7) is 12.9. The van der Waals surface area contributed by atoms with Crippen molar-refractivity contribution in [2.45, 2.75) is 107 Å². The number of nitro groups is 1. The van der Waals surface area contributed by atoms with E-state index in [9.17, 15) is 32.8 Å². The molecule has 6 heterocycles. The second kappa shape index (κ2) is 19.1. The molecule has 4 N–H and O–H groups in total. The molecule has 17 nitrogen and oxygen atoms in total. The highest BCUT2D eigenvalue weighted by Crippen LogP contribution is 2.53. The fraction of sp³-hybridized carbons (Fsp3) is 0.510. The smallest absolute Gasteiger partial charge is 0.312 e. The molecular weight excluding hydrogens is 918 g/mol. The third kappa shape index (κ3) is 9.82. The highest BCUT2D eigenvalue weighted by atomic mass is 32.2. The molecule has 3 aromatic heterocycles. The van der Waals surface area contributed by atoms with Crippen LogP contribution in [0.15, 0.2) is 78.1 Å². The van der Waals surface area contributed by atoms with Gasteiger partial charge in [-0.1, -0.05) is 38.1 Å². The van der Waals surface area contributed by atoms with Crippen molar-refractivity contribution >= 4 is 44.2 Å². The number of anilines is 2. The molecule has 2 aromatic carbocycles. The van der Waals surface area contributed by atoms with Crippen molar-refractivity contribution in [2.75, 3.05) is 62.7 Å². The zero-order chi connectivity index (χ0) is 49.0. The Kier molecular flexibility index (Phi) is 13.1. The van der Waals surface area contributed by atoms with Crippen molar-refractivity contribution in [3.8, 4) is 11.5 Å². The molecule has 5 aliphatic rings. The molecule has 2 saturated carbocycles. The number of pyridine rings is 2. The SMILES string of the molecule is CC(C)c1ccccc1[C@@H]1CN(C2COC2)CCN1C1CC2(CCN(c3ccc(C(=O)NS(=O)(=O)c4cnc(NCC5CCC(C)(O)CC5)c([N+](=O)[O-])c4)c(Oc4cnc5[nH]cc(F)c5c4)c3)CC2)C1. The van der Waals surface area contributed by atoms with Gasteiger partial charge in [-0.3, -0.25) is 24.7 Å². The van der Waals surface area contributed by atoms with E-state index in [0.717, 1.165) is 102 Å². The van der Waals surface area contributed by atoms with Gasteiger partial charge in [0.15, 0.2) is 0 Å². The molecule has 1 atom stereocenters. The number of nitrogens with zero attached hydrogens (tertiary/aromatic N) is 6. The lowest BCUT2D eigenvalue weighted by molar-refractivity contribution is -0.384. The van der Waals surface area contributed by atoms with Gasteiger partial charge in [0.2, 0.25) is 5.82 Å². The van der Waals surface area contributed by atoms with Crippen molar-refractivity contribution in [1.29, 1.82) is 0 Å². The molecule has 5 aromatic rings. The molecule has 1 amide bonds. The number of fused-ring (bicyclic) bond motifs is 1. The number of sulfonamides is 1. The number of benzene rings is 2. The predicted molar refractivity (Wildman–Crippen MR) is 262 cm³/mol. The monoisotopic (exact) mass is 979 g/mol. The van der Waals surface area contributed by atoms with E-state index in [1.54, 1.807) is 19.1 Å². The number of amides is 1. The average Bonchev–Trinajstić information content (AvgIpc) is 3.68. The van der Waals surface area contributed by atoms with Gasteiger partial charge in [-0.25, -0.2) is 27.5 Å². The molecule has 0 radical (unpaired) electrons. The molecular formula is C51H62FN9O8S. The van der Waals surface area contributed by atoms with Crippen LogP contribution < -0.4 is 19.7 Å². The lowest BCUT2D eigenvalue weighted by atomic mass is 9.59. The van der Waals surface area contributed by atoms with Crippen molar-refractivity contribution in [1.82, 2.24) is 29.5 Å². The first-order valence-corrected chi connectivity index (χ1v) is 26.1. The number of piperazine rings is 1. The van der Waals surface area contributed by atoms with E-state index in [1.807, 2.05) is 0 Å². The summed E-state index contributed by atoms with van der Waals surface area (Å²) in [5.74, 6) is -0.984. The maximum atomic E-state index is 14.7. The van der Waals surface area contributed by atoms with Crippen molar-refractivity contribution < 1.29 is 37.1 Å². The zero-order valence-corrected chi connectivity index (χ0v) is 40.7. The summed E-state index contributed by atoms with van der Waals surface area (Å²) in [7, 11) is -4.69. The summed E-state index contributed by atoms with van der Waals surface area (Å²) in [5, 5.41) is 25.6. The van der Waals surface area contributed by atoms with Gasteiger partial charge in [-0.15, -0.1) is 0 Å². The summed E-state index contributed by atoms with van der Waals surface area (Å²) in [4.78, 5) is 43.7. The minimum atomic E-state index is -4.69. The Morgan fingerprint density at radius 1 is 1.01 bits per heavy atom. The highest BCUT2D eigenvalue weighted by molar-refractivity contribution is 7.90. The number of piperidine rings is 1. The molecule has 1 spiro atoms. The van der Waals surface area contributed by atoms with E-state index in [0.29, 0.717) is 49.1 Å². The molecule has 372 valence electrons. The summed E-state index contributed by atoms with van der Waals surface area (Å²) >= 11 is 0. The number of nitrogens with one attached hydrogen (secondary N) is 3. The minimum Gasteiger partial charge on any atom is -0.455 e. The van der Waals surface area contributed by atoms with Gasteiger partial charge in [0.1, 0.15) is 27.9 Å². The van der Waals surface area contributed by atoms with Crippen LogP contribution in [0, 0.1) is 27.3 Å². The number of carbonyl (C=O) groups excluding carboxylic acids is 1. The number of hydrogen-bond acceptors (Lipinski definition) is 14. The number of halogens is 1. The van der Waals surface area contributed by atoms with E-state index in [-0.39, 0.29) is 39.6 Å². The fourth-order valence-corrected chi connectivity index (χ4v) is 12.3. The molecule has 10 rings (SSSR count). The largest absolute Gasteiger partial charge is 0.455 e. The third-order valence-electron chi connectivity index (χ3n) is 15.8. The molecule has 2 aliphatic carbocycles. The van der Waals surface area contributed by atoms with Crippen LogP contribution in [0.25, 0.3) is 11.0 Å². The van der Waals surface area contributed by atoms with Gasteiger partial charge in [-0.2, -0.15) is 0 Å². The van der Waals surface area contributed by atoms with Crippen LogP contribution in [-0.4, -0.2) is 119 Å². The van der Waals surface area contributed by atoms with Crippen LogP contribution in [0.1, 0.15) is 106 Å². The quantitative estimate of drug-likeness (QED) is 0.0617. The van der Waals surface area contributed by atoms with Crippen LogP contribution in [0.4, 0.5) is 21.6 Å². The van der Waals surface area contributed by atoms with Crippen LogP contribution in [0.5, 0.6) is 11.5 Å². The highest BCUT2D eigenvalue weighted by Gasteiger charge is 2.50.